The van der Waals surface area contributed by atoms with Crippen LogP contribution in [0.3, 0.4) is 0 Å². The molecule has 4 heteroatoms. The second-order valence-corrected chi connectivity index (χ2v) is 4.13. The van der Waals surface area contributed by atoms with Crippen LogP contribution in [0.5, 0.6) is 0 Å². The molecule has 1 saturated heterocycles. The van der Waals surface area contributed by atoms with Crippen LogP contribution in [0.25, 0.3) is 0 Å². The van der Waals surface area contributed by atoms with Crippen LogP contribution in [-0.2, 0) is 0 Å². The molecule has 88 valence electrons. The number of hydrogen-bond donors (Lipinski definition) is 2. The number of piperazine rings is 1. The molecule has 0 aromatic heterocycles. The fourth-order valence-corrected chi connectivity index (χ4v) is 2.10. The molecule has 0 saturated carbocycles. The molecule has 0 spiro atoms. The maximum absolute atomic E-state index is 12.8. The predicted molar refractivity (Wildman–Crippen MR) is 64.3 cm³/mol. The lowest BCUT2D eigenvalue weighted by atomic mass is 10.2. The number of anilines is 1. The second-order valence-electron chi connectivity index (χ2n) is 4.13. The first-order valence-corrected chi connectivity index (χ1v) is 5.68. The average molecular weight is 223 g/mol. The zero-order valence-electron chi connectivity index (χ0n) is 9.54. The van der Waals surface area contributed by atoms with Crippen LogP contribution in [0, 0.1) is 5.82 Å². The third kappa shape index (κ3) is 2.71. The van der Waals surface area contributed by atoms with Crippen molar-refractivity contribution in [3.05, 3.63) is 30.1 Å². The first-order valence-electron chi connectivity index (χ1n) is 5.68. The van der Waals surface area contributed by atoms with Crippen LogP contribution in [0.2, 0.25) is 0 Å². The van der Waals surface area contributed by atoms with E-state index < -0.39 is 0 Å². The van der Waals surface area contributed by atoms with Gasteiger partial charge in [-0.3, -0.25) is 0 Å². The minimum atomic E-state index is -0.175. The Kier molecular flexibility index (Phi) is 3.74. The molecule has 1 fully saturated rings. The Hall–Kier alpha value is -1.13. The van der Waals surface area contributed by atoms with E-state index in [1.807, 2.05) is 19.2 Å². The summed E-state index contributed by atoms with van der Waals surface area (Å²) in [6.07, 6.45) is 0. The van der Waals surface area contributed by atoms with Crippen LogP contribution >= 0.6 is 0 Å². The van der Waals surface area contributed by atoms with Crippen LogP contribution < -0.4 is 15.5 Å². The third-order valence-electron chi connectivity index (χ3n) is 2.90. The standard InChI is InChI=1S/C12H18FN3/c1-14-8-11-9-16(7-6-15-11)12-4-2-10(13)3-5-12/h2-5,11,14-15H,6-9H2,1H3. The van der Waals surface area contributed by atoms with E-state index in [4.69, 9.17) is 0 Å². The van der Waals surface area contributed by atoms with Crippen molar-refractivity contribution in [1.82, 2.24) is 10.6 Å². The molecule has 0 aliphatic carbocycles. The van der Waals surface area contributed by atoms with Crippen molar-refractivity contribution in [2.45, 2.75) is 6.04 Å². The van der Waals surface area contributed by atoms with Gasteiger partial charge in [0.1, 0.15) is 5.82 Å². The van der Waals surface area contributed by atoms with Crippen molar-refractivity contribution in [3.8, 4) is 0 Å². The molecule has 3 nitrogen and oxygen atoms in total. The van der Waals surface area contributed by atoms with Crippen molar-refractivity contribution >= 4 is 5.69 Å². The lowest BCUT2D eigenvalue weighted by Gasteiger charge is -2.35. The summed E-state index contributed by atoms with van der Waals surface area (Å²) < 4.78 is 12.8. The van der Waals surface area contributed by atoms with Gasteiger partial charge in [-0.1, -0.05) is 0 Å². The first-order chi connectivity index (χ1) is 7.79. The van der Waals surface area contributed by atoms with E-state index in [9.17, 15) is 4.39 Å². The number of rotatable bonds is 3. The van der Waals surface area contributed by atoms with Gasteiger partial charge < -0.3 is 15.5 Å². The van der Waals surface area contributed by atoms with Gasteiger partial charge in [0.05, 0.1) is 0 Å². The van der Waals surface area contributed by atoms with Crippen LogP contribution in [-0.4, -0.2) is 39.3 Å². The molecule has 0 radical (unpaired) electrons. The molecule has 1 aromatic rings. The molecule has 0 amide bonds. The lowest BCUT2D eigenvalue weighted by molar-refractivity contribution is 0.443. The van der Waals surface area contributed by atoms with Crippen molar-refractivity contribution < 1.29 is 4.39 Å². The van der Waals surface area contributed by atoms with Crippen molar-refractivity contribution in [2.24, 2.45) is 0 Å². The Morgan fingerprint density at radius 1 is 1.44 bits per heavy atom. The van der Waals surface area contributed by atoms with Gasteiger partial charge in [0.25, 0.3) is 0 Å². The van der Waals surface area contributed by atoms with E-state index in [0.717, 1.165) is 31.9 Å². The zero-order valence-corrected chi connectivity index (χ0v) is 9.54. The number of nitrogens with zero attached hydrogens (tertiary/aromatic N) is 1. The number of likely N-dealkylation sites (N-methyl/N-ethyl adjacent to an activating group) is 1. The summed E-state index contributed by atoms with van der Waals surface area (Å²) in [5, 5.41) is 6.62. The number of nitrogens with one attached hydrogen (secondary N) is 2. The third-order valence-corrected chi connectivity index (χ3v) is 2.90. The summed E-state index contributed by atoms with van der Waals surface area (Å²) in [6.45, 7) is 3.87. The minimum absolute atomic E-state index is 0.175. The molecule has 1 aliphatic heterocycles. The van der Waals surface area contributed by atoms with E-state index in [-0.39, 0.29) is 5.82 Å². The summed E-state index contributed by atoms with van der Waals surface area (Å²) in [5.74, 6) is -0.175. The van der Waals surface area contributed by atoms with E-state index in [2.05, 4.69) is 15.5 Å². The number of halogens is 1. The van der Waals surface area contributed by atoms with Gasteiger partial charge in [0.2, 0.25) is 0 Å². The second kappa shape index (κ2) is 5.27. The van der Waals surface area contributed by atoms with Gasteiger partial charge in [-0.25, -0.2) is 4.39 Å². The van der Waals surface area contributed by atoms with E-state index >= 15 is 0 Å². The molecular formula is C12H18FN3. The molecule has 1 atom stereocenters. The van der Waals surface area contributed by atoms with E-state index in [0.29, 0.717) is 6.04 Å². The Labute approximate surface area is 95.6 Å². The highest BCUT2D eigenvalue weighted by Gasteiger charge is 2.18. The summed E-state index contributed by atoms with van der Waals surface area (Å²) in [7, 11) is 1.96. The summed E-state index contributed by atoms with van der Waals surface area (Å²) in [6, 6.07) is 7.19. The highest BCUT2D eigenvalue weighted by atomic mass is 19.1. The highest BCUT2D eigenvalue weighted by molar-refractivity contribution is 5.46. The summed E-state index contributed by atoms with van der Waals surface area (Å²) in [4.78, 5) is 2.29. The van der Waals surface area contributed by atoms with Crippen LogP contribution in [0.15, 0.2) is 24.3 Å². The molecule has 2 N–H and O–H groups in total. The van der Waals surface area contributed by atoms with Crippen molar-refractivity contribution in [3.63, 3.8) is 0 Å². The number of benzene rings is 1. The molecule has 16 heavy (non-hydrogen) atoms. The molecule has 0 bridgehead atoms. The highest BCUT2D eigenvalue weighted by Crippen LogP contribution is 2.16. The molecule has 2 rings (SSSR count). The maximum atomic E-state index is 12.8. The molecule has 1 aliphatic rings. The molecule has 1 heterocycles. The summed E-state index contributed by atoms with van der Waals surface area (Å²) >= 11 is 0. The molecular weight excluding hydrogens is 205 g/mol. The normalized spacial score (nSPS) is 21.1. The van der Waals surface area contributed by atoms with Gasteiger partial charge in [-0.2, -0.15) is 0 Å². The molecule has 1 unspecified atom stereocenters. The smallest absolute Gasteiger partial charge is 0.123 e. The van der Waals surface area contributed by atoms with Gasteiger partial charge in [0, 0.05) is 37.9 Å². The SMILES string of the molecule is CNCC1CN(c2ccc(F)cc2)CCN1. The zero-order chi connectivity index (χ0) is 11.4. The first kappa shape index (κ1) is 11.4. The average Bonchev–Trinajstić information content (AvgIpc) is 2.31. The van der Waals surface area contributed by atoms with Gasteiger partial charge in [0.15, 0.2) is 0 Å². The summed E-state index contributed by atoms with van der Waals surface area (Å²) in [5.41, 5.74) is 1.10. The largest absolute Gasteiger partial charge is 0.369 e. The quantitative estimate of drug-likeness (QED) is 0.794. The minimum Gasteiger partial charge on any atom is -0.369 e. The maximum Gasteiger partial charge on any atom is 0.123 e. The fraction of sp³-hybridized carbons (Fsp3) is 0.500. The topological polar surface area (TPSA) is 27.3 Å². The predicted octanol–water partition coefficient (Wildman–Crippen LogP) is 0.823. The van der Waals surface area contributed by atoms with E-state index in [1.54, 1.807) is 0 Å². The lowest BCUT2D eigenvalue weighted by Crippen LogP contribution is -2.54. The van der Waals surface area contributed by atoms with Gasteiger partial charge >= 0.3 is 0 Å². The van der Waals surface area contributed by atoms with Crippen LogP contribution in [0.4, 0.5) is 10.1 Å². The monoisotopic (exact) mass is 223 g/mol. The Balaban J connectivity index is 2.01. The number of hydrogen-bond acceptors (Lipinski definition) is 3. The Morgan fingerprint density at radius 2 is 2.19 bits per heavy atom. The van der Waals surface area contributed by atoms with Crippen molar-refractivity contribution in [2.75, 3.05) is 38.1 Å². The van der Waals surface area contributed by atoms with Crippen molar-refractivity contribution in [1.29, 1.82) is 0 Å². The van der Waals surface area contributed by atoms with E-state index in [1.165, 1.54) is 12.1 Å². The van der Waals surface area contributed by atoms with Gasteiger partial charge in [-0.15, -0.1) is 0 Å². The fourth-order valence-electron chi connectivity index (χ4n) is 2.10. The Bertz CT molecular complexity index is 324. The Morgan fingerprint density at radius 3 is 2.88 bits per heavy atom. The van der Waals surface area contributed by atoms with Gasteiger partial charge in [-0.05, 0) is 31.3 Å². The molecule has 1 aromatic carbocycles. The van der Waals surface area contributed by atoms with Crippen LogP contribution in [0.1, 0.15) is 0 Å².